The Morgan fingerprint density at radius 1 is 1.35 bits per heavy atom. The minimum Gasteiger partial charge on any atom is -0.374 e. The van der Waals surface area contributed by atoms with Crippen LogP contribution in [0.15, 0.2) is 24.3 Å². The number of benzene rings is 1. The predicted molar refractivity (Wildman–Crippen MR) is 82.0 cm³/mol. The number of nitrogens with zero attached hydrogens (tertiary/aromatic N) is 4. The number of anilines is 2. The van der Waals surface area contributed by atoms with Gasteiger partial charge in [-0.15, -0.1) is 5.10 Å². The molecule has 5 nitrogen and oxygen atoms in total. The molecular weight excluding hydrogens is 270 g/mol. The second-order valence-corrected chi connectivity index (χ2v) is 5.24. The van der Waals surface area contributed by atoms with Crippen LogP contribution in [0.25, 0.3) is 0 Å². The van der Waals surface area contributed by atoms with E-state index in [2.05, 4.69) is 32.8 Å². The van der Waals surface area contributed by atoms with E-state index in [-0.39, 0.29) is 0 Å². The lowest BCUT2D eigenvalue weighted by atomic mass is 10.2. The first-order valence-corrected chi connectivity index (χ1v) is 7.28. The van der Waals surface area contributed by atoms with Gasteiger partial charge in [0.1, 0.15) is 10.7 Å². The Morgan fingerprint density at radius 3 is 2.75 bits per heavy atom. The summed E-state index contributed by atoms with van der Waals surface area (Å²) in [7, 11) is 2.00. The molecule has 1 N–H and O–H groups in total. The summed E-state index contributed by atoms with van der Waals surface area (Å²) in [6.07, 6.45) is 1.07. The van der Waals surface area contributed by atoms with Crippen molar-refractivity contribution in [1.82, 2.24) is 9.59 Å². The van der Waals surface area contributed by atoms with Crippen LogP contribution in [-0.4, -0.2) is 23.2 Å². The third-order valence-electron chi connectivity index (χ3n) is 2.92. The smallest absolute Gasteiger partial charge is 0.135 e. The van der Waals surface area contributed by atoms with E-state index in [1.807, 2.05) is 31.3 Å². The van der Waals surface area contributed by atoms with Crippen LogP contribution in [0.5, 0.6) is 0 Å². The molecule has 0 fully saturated rings. The molecule has 0 spiro atoms. The number of nitrogens with one attached hydrogen (secondary N) is 1. The first-order chi connectivity index (χ1) is 9.74. The van der Waals surface area contributed by atoms with Gasteiger partial charge in [0.2, 0.25) is 0 Å². The van der Waals surface area contributed by atoms with Crippen molar-refractivity contribution in [3.05, 3.63) is 35.5 Å². The minimum absolute atomic E-state index is 0.669. The average molecular weight is 287 g/mol. The first-order valence-electron chi connectivity index (χ1n) is 6.51. The SMILES string of the molecule is CCCNc1snnc1CN(C)c1ccc(C#N)cc1. The summed E-state index contributed by atoms with van der Waals surface area (Å²) in [6, 6.07) is 9.65. The van der Waals surface area contributed by atoms with Crippen LogP contribution >= 0.6 is 11.5 Å². The summed E-state index contributed by atoms with van der Waals surface area (Å²) in [5, 5.41) is 17.4. The molecule has 0 unspecified atom stereocenters. The summed E-state index contributed by atoms with van der Waals surface area (Å²) >= 11 is 1.39. The minimum atomic E-state index is 0.669. The third kappa shape index (κ3) is 3.45. The molecule has 0 radical (unpaired) electrons. The summed E-state index contributed by atoms with van der Waals surface area (Å²) in [5.41, 5.74) is 2.68. The van der Waals surface area contributed by atoms with Crippen molar-refractivity contribution in [3.63, 3.8) is 0 Å². The van der Waals surface area contributed by atoms with Crippen LogP contribution < -0.4 is 10.2 Å². The van der Waals surface area contributed by atoms with E-state index in [0.29, 0.717) is 12.1 Å². The molecule has 6 heteroatoms. The molecule has 0 bridgehead atoms. The van der Waals surface area contributed by atoms with Crippen LogP contribution in [0.3, 0.4) is 0 Å². The fourth-order valence-corrected chi connectivity index (χ4v) is 2.39. The first kappa shape index (κ1) is 14.3. The molecule has 1 aromatic carbocycles. The monoisotopic (exact) mass is 287 g/mol. The van der Waals surface area contributed by atoms with Gasteiger partial charge in [0.15, 0.2) is 0 Å². The lowest BCUT2D eigenvalue weighted by molar-refractivity contribution is 0.869. The zero-order valence-corrected chi connectivity index (χ0v) is 12.4. The molecule has 2 rings (SSSR count). The van der Waals surface area contributed by atoms with Crippen LogP contribution in [0.1, 0.15) is 24.6 Å². The highest BCUT2D eigenvalue weighted by atomic mass is 32.1. The molecular formula is C14H17N5S. The Hall–Kier alpha value is -2.13. The van der Waals surface area contributed by atoms with Crippen molar-refractivity contribution in [1.29, 1.82) is 5.26 Å². The van der Waals surface area contributed by atoms with Crippen LogP contribution in [-0.2, 0) is 6.54 Å². The highest BCUT2D eigenvalue weighted by Gasteiger charge is 2.10. The van der Waals surface area contributed by atoms with Crippen LogP contribution in [0.4, 0.5) is 10.7 Å². The van der Waals surface area contributed by atoms with Crippen molar-refractivity contribution in [3.8, 4) is 6.07 Å². The van der Waals surface area contributed by atoms with Gasteiger partial charge in [-0.3, -0.25) is 0 Å². The quantitative estimate of drug-likeness (QED) is 0.885. The zero-order valence-electron chi connectivity index (χ0n) is 11.6. The van der Waals surface area contributed by atoms with Gasteiger partial charge in [-0.05, 0) is 30.7 Å². The second-order valence-electron chi connectivity index (χ2n) is 4.49. The van der Waals surface area contributed by atoms with Gasteiger partial charge < -0.3 is 10.2 Å². The summed E-state index contributed by atoms with van der Waals surface area (Å²) in [6.45, 7) is 3.75. The van der Waals surface area contributed by atoms with E-state index < -0.39 is 0 Å². The number of hydrogen-bond acceptors (Lipinski definition) is 6. The van der Waals surface area contributed by atoms with Gasteiger partial charge in [0, 0.05) is 30.8 Å². The highest BCUT2D eigenvalue weighted by molar-refractivity contribution is 7.10. The zero-order chi connectivity index (χ0) is 14.4. The molecule has 0 saturated carbocycles. The maximum atomic E-state index is 8.80. The van der Waals surface area contributed by atoms with E-state index in [4.69, 9.17) is 5.26 Å². The molecule has 20 heavy (non-hydrogen) atoms. The summed E-state index contributed by atoms with van der Waals surface area (Å²) < 4.78 is 4.01. The lowest BCUT2D eigenvalue weighted by Gasteiger charge is -2.18. The van der Waals surface area contributed by atoms with Gasteiger partial charge in [-0.2, -0.15) is 5.26 Å². The van der Waals surface area contributed by atoms with Crippen molar-refractivity contribution in [2.24, 2.45) is 0 Å². The average Bonchev–Trinajstić information content (AvgIpc) is 2.92. The number of hydrogen-bond donors (Lipinski definition) is 1. The van der Waals surface area contributed by atoms with E-state index in [1.165, 1.54) is 11.5 Å². The van der Waals surface area contributed by atoms with E-state index in [9.17, 15) is 0 Å². The van der Waals surface area contributed by atoms with Gasteiger partial charge >= 0.3 is 0 Å². The molecule has 0 atom stereocenters. The summed E-state index contributed by atoms with van der Waals surface area (Å²) in [4.78, 5) is 2.09. The van der Waals surface area contributed by atoms with Crippen molar-refractivity contribution < 1.29 is 0 Å². The van der Waals surface area contributed by atoms with Crippen LogP contribution in [0, 0.1) is 11.3 Å². The van der Waals surface area contributed by atoms with Crippen molar-refractivity contribution in [2.45, 2.75) is 19.9 Å². The van der Waals surface area contributed by atoms with E-state index in [0.717, 1.165) is 29.3 Å². The number of rotatable bonds is 6. The van der Waals surface area contributed by atoms with E-state index >= 15 is 0 Å². The Morgan fingerprint density at radius 2 is 2.10 bits per heavy atom. The fourth-order valence-electron chi connectivity index (χ4n) is 1.79. The molecule has 0 aliphatic carbocycles. The molecule has 0 saturated heterocycles. The fraction of sp³-hybridized carbons (Fsp3) is 0.357. The summed E-state index contributed by atoms with van der Waals surface area (Å²) in [5.74, 6) is 0. The Kier molecular flexibility index (Phi) is 4.91. The molecule has 0 aliphatic rings. The Bertz CT molecular complexity index is 584. The largest absolute Gasteiger partial charge is 0.374 e. The highest BCUT2D eigenvalue weighted by Crippen LogP contribution is 2.22. The van der Waals surface area contributed by atoms with Gasteiger partial charge in [0.25, 0.3) is 0 Å². The standard InChI is InChI=1S/C14H17N5S/c1-3-8-16-14-13(17-18-20-14)10-19(2)12-6-4-11(9-15)5-7-12/h4-7,16H,3,8,10H2,1-2H3. The second kappa shape index (κ2) is 6.87. The maximum Gasteiger partial charge on any atom is 0.135 e. The van der Waals surface area contributed by atoms with Gasteiger partial charge in [0.05, 0.1) is 18.2 Å². The molecule has 0 aliphatic heterocycles. The molecule has 0 amide bonds. The van der Waals surface area contributed by atoms with Crippen LogP contribution in [0.2, 0.25) is 0 Å². The Labute approximate surface area is 123 Å². The number of aromatic nitrogens is 2. The molecule has 2 aromatic rings. The lowest BCUT2D eigenvalue weighted by Crippen LogP contribution is -2.17. The van der Waals surface area contributed by atoms with Crippen molar-refractivity contribution >= 4 is 22.2 Å². The topological polar surface area (TPSA) is 64.8 Å². The molecule has 104 valence electrons. The van der Waals surface area contributed by atoms with Gasteiger partial charge in [-0.1, -0.05) is 11.4 Å². The third-order valence-corrected chi connectivity index (χ3v) is 3.64. The van der Waals surface area contributed by atoms with Crippen molar-refractivity contribution in [2.75, 3.05) is 23.8 Å². The maximum absolute atomic E-state index is 8.80. The molecule has 1 heterocycles. The predicted octanol–water partition coefficient (Wildman–Crippen LogP) is 2.87. The normalized spacial score (nSPS) is 10.1. The Balaban J connectivity index is 2.05. The number of nitriles is 1. The molecule has 1 aromatic heterocycles. The van der Waals surface area contributed by atoms with E-state index in [1.54, 1.807) is 0 Å². The van der Waals surface area contributed by atoms with Gasteiger partial charge in [-0.25, -0.2) is 0 Å².